The number of aliphatic hydroxyl groups excluding tert-OH is 1. The number of hydrogen-bond acceptors (Lipinski definition) is 4. The third kappa shape index (κ3) is 4.93. The molecule has 11 heteroatoms. The fourth-order valence-corrected chi connectivity index (χ4v) is 1.06. The molecule has 0 aliphatic rings. The molecule has 0 bridgehead atoms. The van der Waals surface area contributed by atoms with Gasteiger partial charge in [-0.05, 0) is 0 Å². The molecule has 1 unspecified atom stereocenters. The molecule has 2 N–H and O–H groups in total. The van der Waals surface area contributed by atoms with Gasteiger partial charge in [0.1, 0.15) is 0 Å². The number of aliphatic hydroxyl groups is 1. The number of nitrogens with one attached hydrogen (secondary N) is 1. The van der Waals surface area contributed by atoms with Gasteiger partial charge in [0.2, 0.25) is 11.8 Å². The van der Waals surface area contributed by atoms with Gasteiger partial charge in [0.05, 0.1) is 13.7 Å². The minimum atomic E-state index is -5.88. The lowest BCUT2D eigenvalue weighted by Gasteiger charge is -2.23. The normalized spacial score (nSPS) is 14.2. The van der Waals surface area contributed by atoms with Gasteiger partial charge in [-0.1, -0.05) is 0 Å². The van der Waals surface area contributed by atoms with E-state index in [4.69, 9.17) is 5.11 Å². The van der Waals surface area contributed by atoms with Gasteiger partial charge < -0.3 is 15.2 Å². The molecule has 5 nitrogen and oxygen atoms in total. The fraction of sp³-hybridized carbons (Fsp3) is 0.750. The molecule has 19 heavy (non-hydrogen) atoms. The first kappa shape index (κ1) is 17.5. The summed E-state index contributed by atoms with van der Waals surface area (Å²) in [5.74, 6) is -8.16. The summed E-state index contributed by atoms with van der Waals surface area (Å²) in [7, 11) is 0.780. The van der Waals surface area contributed by atoms with Gasteiger partial charge in [0.15, 0.2) is 6.04 Å². The number of carbonyl (C=O) groups excluding carboxylic acids is 2. The highest BCUT2D eigenvalue weighted by molar-refractivity contribution is 5.86. The van der Waals surface area contributed by atoms with Crippen LogP contribution >= 0.6 is 0 Å². The van der Waals surface area contributed by atoms with E-state index in [1.165, 1.54) is 0 Å². The Morgan fingerprint density at radius 3 is 1.84 bits per heavy atom. The molecule has 1 atom stereocenters. The van der Waals surface area contributed by atoms with Crippen LogP contribution in [0.1, 0.15) is 0 Å². The Hall–Kier alpha value is -1.52. The highest BCUT2D eigenvalue weighted by atomic mass is 19.4. The maximum atomic E-state index is 12.1. The molecule has 0 aliphatic carbocycles. The third-order valence-corrected chi connectivity index (χ3v) is 1.90. The predicted molar refractivity (Wildman–Crippen MR) is 46.6 cm³/mol. The topological polar surface area (TPSA) is 75.6 Å². The van der Waals surface area contributed by atoms with Crippen LogP contribution in [-0.4, -0.2) is 49.1 Å². The van der Waals surface area contributed by atoms with Crippen LogP contribution in [0.15, 0.2) is 0 Å². The van der Waals surface area contributed by atoms with E-state index in [2.05, 4.69) is 4.74 Å². The largest absolute Gasteiger partial charge is 0.467 e. The number of carbonyl (C=O) groups is 2. The summed E-state index contributed by atoms with van der Waals surface area (Å²) in [5.41, 5.74) is 0. The monoisotopic (exact) mass is 297 g/mol. The maximum Gasteiger partial charge on any atom is 0.409 e. The average Bonchev–Trinajstić information content (AvgIpc) is 2.20. The molecule has 0 saturated heterocycles. The smallest absolute Gasteiger partial charge is 0.409 e. The zero-order chi connectivity index (χ0) is 15.4. The zero-order valence-electron chi connectivity index (χ0n) is 9.30. The quantitative estimate of drug-likeness (QED) is 0.581. The van der Waals surface area contributed by atoms with Crippen LogP contribution in [0.4, 0.5) is 26.3 Å². The third-order valence-electron chi connectivity index (χ3n) is 1.90. The Labute approximate surface area is 102 Å². The van der Waals surface area contributed by atoms with Crippen LogP contribution in [0, 0.1) is 5.92 Å². The Bertz CT molecular complexity index is 325. The van der Waals surface area contributed by atoms with Gasteiger partial charge in [-0.15, -0.1) is 0 Å². The maximum absolute atomic E-state index is 12.1. The molecule has 0 aromatic heterocycles. The number of rotatable bonds is 4. The van der Waals surface area contributed by atoms with E-state index in [9.17, 15) is 35.9 Å². The number of methoxy groups -OCH3 is 1. The number of alkyl halides is 6. The van der Waals surface area contributed by atoms with Crippen molar-refractivity contribution in [2.24, 2.45) is 5.92 Å². The zero-order valence-corrected chi connectivity index (χ0v) is 9.30. The van der Waals surface area contributed by atoms with Gasteiger partial charge in [0, 0.05) is 0 Å². The van der Waals surface area contributed by atoms with Crippen LogP contribution in [0.5, 0.6) is 0 Å². The summed E-state index contributed by atoms with van der Waals surface area (Å²) in [6, 6.07) is -2.01. The van der Waals surface area contributed by atoms with Gasteiger partial charge in [-0.25, -0.2) is 4.79 Å². The molecule has 0 aromatic carbocycles. The summed E-state index contributed by atoms with van der Waals surface area (Å²) in [5, 5.41) is 9.71. The van der Waals surface area contributed by atoms with Crippen LogP contribution < -0.4 is 5.32 Å². The molecular weight excluding hydrogens is 288 g/mol. The Kier molecular flexibility index (Phi) is 5.60. The van der Waals surface area contributed by atoms with E-state index < -0.39 is 42.8 Å². The summed E-state index contributed by atoms with van der Waals surface area (Å²) < 4.78 is 76.8. The SMILES string of the molecule is COC(=O)C(CO)NC(=O)C(C(F)(F)F)C(F)(F)F. The lowest BCUT2D eigenvalue weighted by atomic mass is 10.1. The fourth-order valence-electron chi connectivity index (χ4n) is 1.06. The second-order valence-electron chi connectivity index (χ2n) is 3.28. The molecule has 0 saturated carbocycles. The molecule has 0 aliphatic heterocycles. The number of ether oxygens (including phenoxy) is 1. The van der Waals surface area contributed by atoms with Gasteiger partial charge >= 0.3 is 18.3 Å². The highest BCUT2D eigenvalue weighted by Crippen LogP contribution is 2.39. The molecule has 0 heterocycles. The number of halogens is 6. The summed E-state index contributed by atoms with van der Waals surface area (Å²) in [6.07, 6.45) is -11.8. The van der Waals surface area contributed by atoms with E-state index in [1.54, 1.807) is 0 Å². The minimum Gasteiger partial charge on any atom is -0.467 e. The summed E-state index contributed by atoms with van der Waals surface area (Å²) in [6.45, 7) is -1.21. The minimum absolute atomic E-state index is 0.780. The van der Waals surface area contributed by atoms with E-state index in [0.29, 0.717) is 0 Å². The van der Waals surface area contributed by atoms with Gasteiger partial charge in [-0.2, -0.15) is 26.3 Å². The van der Waals surface area contributed by atoms with Crippen molar-refractivity contribution in [3.8, 4) is 0 Å². The van der Waals surface area contributed by atoms with Crippen molar-refractivity contribution in [2.45, 2.75) is 18.4 Å². The average molecular weight is 297 g/mol. The predicted octanol–water partition coefficient (Wildman–Crippen LogP) is 0.377. The molecule has 0 rings (SSSR count). The lowest BCUT2D eigenvalue weighted by molar-refractivity contribution is -0.274. The highest BCUT2D eigenvalue weighted by Gasteiger charge is 2.61. The van der Waals surface area contributed by atoms with E-state index in [-0.39, 0.29) is 0 Å². The lowest BCUT2D eigenvalue weighted by Crippen LogP contribution is -2.53. The molecule has 0 fully saturated rings. The second kappa shape index (κ2) is 6.08. The second-order valence-corrected chi connectivity index (χ2v) is 3.28. The van der Waals surface area contributed by atoms with Crippen molar-refractivity contribution in [1.29, 1.82) is 0 Å². The van der Waals surface area contributed by atoms with Crippen molar-refractivity contribution in [3.63, 3.8) is 0 Å². The Balaban J connectivity index is 5.09. The number of esters is 1. The molecule has 0 spiro atoms. The summed E-state index contributed by atoms with van der Waals surface area (Å²) >= 11 is 0. The van der Waals surface area contributed by atoms with Gasteiger partial charge in [-0.3, -0.25) is 4.79 Å². The van der Waals surface area contributed by atoms with Crippen molar-refractivity contribution in [3.05, 3.63) is 0 Å². The standard InChI is InChI=1S/C8H9F6NO4/c1-19-6(18)3(2-16)15-5(17)4(7(9,10)11)8(12,13)14/h3-4,16H,2H2,1H3,(H,15,17). The van der Waals surface area contributed by atoms with Crippen molar-refractivity contribution in [1.82, 2.24) is 5.32 Å². The Morgan fingerprint density at radius 2 is 1.58 bits per heavy atom. The molecule has 0 radical (unpaired) electrons. The number of hydrogen-bond donors (Lipinski definition) is 2. The molecule has 1 amide bonds. The van der Waals surface area contributed by atoms with E-state index in [0.717, 1.165) is 12.4 Å². The van der Waals surface area contributed by atoms with Crippen LogP contribution in [0.2, 0.25) is 0 Å². The first-order valence-electron chi connectivity index (χ1n) is 4.57. The first-order valence-corrected chi connectivity index (χ1v) is 4.57. The molecular formula is C8H9F6NO4. The van der Waals surface area contributed by atoms with E-state index in [1.807, 2.05) is 0 Å². The van der Waals surface area contributed by atoms with Crippen molar-refractivity contribution in [2.75, 3.05) is 13.7 Å². The van der Waals surface area contributed by atoms with Crippen molar-refractivity contribution < 1.29 is 45.8 Å². The molecule has 112 valence electrons. The van der Waals surface area contributed by atoms with Crippen LogP contribution in [-0.2, 0) is 14.3 Å². The van der Waals surface area contributed by atoms with Crippen LogP contribution in [0.25, 0.3) is 0 Å². The van der Waals surface area contributed by atoms with Gasteiger partial charge in [0.25, 0.3) is 0 Å². The van der Waals surface area contributed by atoms with E-state index >= 15 is 0 Å². The summed E-state index contributed by atoms with van der Waals surface area (Å²) in [4.78, 5) is 21.8. The Morgan fingerprint density at radius 1 is 1.16 bits per heavy atom. The molecule has 0 aromatic rings. The first-order chi connectivity index (χ1) is 8.45. The van der Waals surface area contributed by atoms with Crippen LogP contribution in [0.3, 0.4) is 0 Å². The van der Waals surface area contributed by atoms with Crippen molar-refractivity contribution >= 4 is 11.9 Å². The number of amides is 1.